The highest BCUT2D eigenvalue weighted by Gasteiger charge is 2.07. The zero-order chi connectivity index (χ0) is 9.84. The Morgan fingerprint density at radius 3 is 2.77 bits per heavy atom. The van der Waals surface area contributed by atoms with Gasteiger partial charge in [0.2, 0.25) is 0 Å². The van der Waals surface area contributed by atoms with Crippen LogP contribution in [-0.4, -0.2) is 5.24 Å². The van der Waals surface area contributed by atoms with E-state index in [1.165, 1.54) is 0 Å². The van der Waals surface area contributed by atoms with Crippen LogP contribution >= 0.6 is 27.5 Å². The Morgan fingerprint density at radius 1 is 1.54 bits per heavy atom. The smallest absolute Gasteiger partial charge is 0.252 e. The molecule has 0 fully saturated rings. The molecule has 0 aliphatic carbocycles. The van der Waals surface area contributed by atoms with Crippen LogP contribution in [0, 0.1) is 0 Å². The van der Waals surface area contributed by atoms with Gasteiger partial charge in [0.1, 0.15) is 0 Å². The van der Waals surface area contributed by atoms with Gasteiger partial charge in [-0.3, -0.25) is 4.79 Å². The third kappa shape index (κ3) is 2.82. The van der Waals surface area contributed by atoms with Crippen LogP contribution in [0.25, 0.3) is 0 Å². The molecule has 13 heavy (non-hydrogen) atoms. The lowest BCUT2D eigenvalue weighted by Gasteiger charge is -2.04. The summed E-state index contributed by atoms with van der Waals surface area (Å²) in [5, 5.41) is -0.379. The van der Waals surface area contributed by atoms with Gasteiger partial charge in [-0.15, -0.1) is 0 Å². The van der Waals surface area contributed by atoms with Gasteiger partial charge in [-0.25, -0.2) is 0 Å². The SMILES string of the molecule is CCCc1cc(Br)ccc1C(=O)Cl. The normalized spacial score (nSPS) is 10.1. The Morgan fingerprint density at radius 2 is 2.23 bits per heavy atom. The maximum absolute atomic E-state index is 11.0. The number of carbonyl (C=O) groups is 1. The predicted molar refractivity (Wildman–Crippen MR) is 58.3 cm³/mol. The molecule has 1 aromatic carbocycles. The van der Waals surface area contributed by atoms with Crippen LogP contribution in [0.4, 0.5) is 0 Å². The van der Waals surface area contributed by atoms with Crippen molar-refractivity contribution in [2.45, 2.75) is 19.8 Å². The summed E-state index contributed by atoms with van der Waals surface area (Å²) in [6, 6.07) is 5.53. The van der Waals surface area contributed by atoms with Crippen molar-refractivity contribution in [2.24, 2.45) is 0 Å². The molecule has 0 atom stereocenters. The highest BCUT2D eigenvalue weighted by molar-refractivity contribution is 9.10. The first kappa shape index (κ1) is 10.7. The highest BCUT2D eigenvalue weighted by atomic mass is 79.9. The summed E-state index contributed by atoms with van der Waals surface area (Å²) in [7, 11) is 0. The first-order valence-electron chi connectivity index (χ1n) is 4.13. The first-order valence-corrected chi connectivity index (χ1v) is 5.30. The second-order valence-electron chi connectivity index (χ2n) is 2.83. The van der Waals surface area contributed by atoms with Gasteiger partial charge in [-0.05, 0) is 41.8 Å². The molecule has 0 aromatic heterocycles. The number of rotatable bonds is 3. The molecule has 0 heterocycles. The van der Waals surface area contributed by atoms with E-state index in [-0.39, 0.29) is 5.24 Å². The maximum atomic E-state index is 11.0. The molecule has 0 saturated heterocycles. The first-order chi connectivity index (χ1) is 6.15. The summed E-state index contributed by atoms with van der Waals surface area (Å²) in [6.07, 6.45) is 1.89. The summed E-state index contributed by atoms with van der Waals surface area (Å²) in [5.74, 6) is 0. The Hall–Kier alpha value is -0.340. The molecular formula is C10H10BrClO. The largest absolute Gasteiger partial charge is 0.276 e. The molecule has 0 saturated carbocycles. The molecule has 0 aliphatic rings. The van der Waals surface area contributed by atoms with E-state index in [2.05, 4.69) is 22.9 Å². The fraction of sp³-hybridized carbons (Fsp3) is 0.300. The topological polar surface area (TPSA) is 17.1 Å². The van der Waals surface area contributed by atoms with E-state index in [9.17, 15) is 4.79 Å². The number of halogens is 2. The van der Waals surface area contributed by atoms with Crippen LogP contribution < -0.4 is 0 Å². The van der Waals surface area contributed by atoms with Crippen molar-refractivity contribution in [3.63, 3.8) is 0 Å². The van der Waals surface area contributed by atoms with Gasteiger partial charge in [0.15, 0.2) is 0 Å². The lowest BCUT2D eigenvalue weighted by Crippen LogP contribution is -1.97. The predicted octanol–water partition coefficient (Wildman–Crippen LogP) is 3.78. The molecule has 1 nitrogen and oxygen atoms in total. The number of benzene rings is 1. The minimum atomic E-state index is -0.379. The van der Waals surface area contributed by atoms with E-state index in [0.29, 0.717) is 5.56 Å². The number of aryl methyl sites for hydroxylation is 1. The molecule has 0 aliphatic heterocycles. The Bertz CT molecular complexity index is 323. The van der Waals surface area contributed by atoms with Crippen molar-refractivity contribution < 1.29 is 4.79 Å². The van der Waals surface area contributed by atoms with Gasteiger partial charge in [0, 0.05) is 10.0 Å². The van der Waals surface area contributed by atoms with Crippen molar-refractivity contribution >= 4 is 32.8 Å². The lowest BCUT2D eigenvalue weighted by molar-refractivity contribution is 0.108. The Labute approximate surface area is 91.2 Å². The van der Waals surface area contributed by atoms with Gasteiger partial charge in [0.25, 0.3) is 5.24 Å². The van der Waals surface area contributed by atoms with E-state index in [1.54, 1.807) is 6.07 Å². The average Bonchev–Trinajstić information content (AvgIpc) is 2.04. The maximum Gasteiger partial charge on any atom is 0.252 e. The fourth-order valence-electron chi connectivity index (χ4n) is 1.23. The molecule has 0 N–H and O–H groups in total. The van der Waals surface area contributed by atoms with Crippen LogP contribution in [-0.2, 0) is 6.42 Å². The Balaban J connectivity index is 3.10. The molecule has 0 spiro atoms. The zero-order valence-electron chi connectivity index (χ0n) is 7.31. The minimum absolute atomic E-state index is 0.379. The van der Waals surface area contributed by atoms with Gasteiger partial charge in [-0.1, -0.05) is 29.3 Å². The number of hydrogen-bond acceptors (Lipinski definition) is 1. The monoisotopic (exact) mass is 260 g/mol. The summed E-state index contributed by atoms with van der Waals surface area (Å²) in [5.41, 5.74) is 1.63. The molecule has 0 radical (unpaired) electrons. The molecule has 0 amide bonds. The van der Waals surface area contributed by atoms with Crippen molar-refractivity contribution in [3.8, 4) is 0 Å². The molecule has 1 aromatic rings. The van der Waals surface area contributed by atoms with Gasteiger partial charge in [-0.2, -0.15) is 0 Å². The number of carbonyl (C=O) groups excluding carboxylic acids is 1. The van der Waals surface area contributed by atoms with Crippen LogP contribution in [0.15, 0.2) is 22.7 Å². The second-order valence-corrected chi connectivity index (χ2v) is 4.08. The molecule has 70 valence electrons. The number of hydrogen-bond donors (Lipinski definition) is 0. The van der Waals surface area contributed by atoms with Crippen molar-refractivity contribution in [2.75, 3.05) is 0 Å². The van der Waals surface area contributed by atoms with Crippen LogP contribution in [0.1, 0.15) is 29.3 Å². The molecule has 3 heteroatoms. The molecular weight excluding hydrogens is 251 g/mol. The standard InChI is InChI=1S/C10H10BrClO/c1-2-3-7-6-8(11)4-5-9(7)10(12)13/h4-6H,2-3H2,1H3. The highest BCUT2D eigenvalue weighted by Crippen LogP contribution is 2.19. The van der Waals surface area contributed by atoms with E-state index < -0.39 is 0 Å². The van der Waals surface area contributed by atoms with Gasteiger partial charge in [0.05, 0.1) is 0 Å². The van der Waals surface area contributed by atoms with E-state index in [0.717, 1.165) is 22.9 Å². The van der Waals surface area contributed by atoms with Crippen LogP contribution in [0.5, 0.6) is 0 Å². The zero-order valence-corrected chi connectivity index (χ0v) is 9.65. The fourth-order valence-corrected chi connectivity index (χ4v) is 1.82. The van der Waals surface area contributed by atoms with Crippen molar-refractivity contribution in [3.05, 3.63) is 33.8 Å². The van der Waals surface area contributed by atoms with Crippen molar-refractivity contribution in [1.82, 2.24) is 0 Å². The van der Waals surface area contributed by atoms with Crippen molar-refractivity contribution in [1.29, 1.82) is 0 Å². The van der Waals surface area contributed by atoms with E-state index in [1.807, 2.05) is 12.1 Å². The van der Waals surface area contributed by atoms with E-state index in [4.69, 9.17) is 11.6 Å². The van der Waals surface area contributed by atoms with E-state index >= 15 is 0 Å². The average molecular weight is 262 g/mol. The summed E-state index contributed by atoms with van der Waals surface area (Å²) < 4.78 is 0.984. The van der Waals surface area contributed by atoms with Gasteiger partial charge >= 0.3 is 0 Å². The Kier molecular flexibility index (Phi) is 3.94. The lowest BCUT2D eigenvalue weighted by atomic mass is 10.0. The third-order valence-corrected chi connectivity index (χ3v) is 2.50. The minimum Gasteiger partial charge on any atom is -0.276 e. The van der Waals surface area contributed by atoms with Gasteiger partial charge < -0.3 is 0 Å². The van der Waals surface area contributed by atoms with Crippen LogP contribution in [0.2, 0.25) is 0 Å². The second kappa shape index (κ2) is 4.77. The summed E-state index contributed by atoms with van der Waals surface area (Å²) in [4.78, 5) is 11.0. The summed E-state index contributed by atoms with van der Waals surface area (Å²) in [6.45, 7) is 2.07. The third-order valence-electron chi connectivity index (χ3n) is 1.80. The molecule has 1 rings (SSSR count). The molecule has 0 unspecified atom stereocenters. The molecule has 0 bridgehead atoms. The van der Waals surface area contributed by atoms with Crippen LogP contribution in [0.3, 0.4) is 0 Å². The quantitative estimate of drug-likeness (QED) is 0.757. The summed E-state index contributed by atoms with van der Waals surface area (Å²) >= 11 is 8.80.